The maximum absolute atomic E-state index is 5.09. The zero-order valence-electron chi connectivity index (χ0n) is 25.1. The molecule has 2 heteroatoms. The topological polar surface area (TPSA) is 25.8 Å². The first-order valence-electron chi connectivity index (χ1n) is 15.7. The van der Waals surface area contributed by atoms with Crippen molar-refractivity contribution in [2.45, 2.75) is 0 Å². The number of hydrogen-bond acceptors (Lipinski definition) is 2. The smallest absolute Gasteiger partial charge is 0.160 e. The maximum atomic E-state index is 5.09. The lowest BCUT2D eigenvalue weighted by molar-refractivity contribution is 1.18. The third-order valence-electron chi connectivity index (χ3n) is 9.06. The molecule has 1 heterocycles. The average Bonchev–Trinajstić information content (AvgIpc) is 3.47. The van der Waals surface area contributed by atoms with Crippen LogP contribution in [0.1, 0.15) is 0 Å². The zero-order valence-corrected chi connectivity index (χ0v) is 25.1. The number of hydrogen-bond donors (Lipinski definition) is 0. The summed E-state index contributed by atoms with van der Waals surface area (Å²) < 4.78 is 0. The molecule has 0 bridgehead atoms. The lowest BCUT2D eigenvalue weighted by Crippen LogP contribution is -1.96. The molecule has 1 aromatic heterocycles. The Bertz CT molecular complexity index is 2320. The van der Waals surface area contributed by atoms with E-state index in [9.17, 15) is 0 Å². The van der Waals surface area contributed by atoms with Crippen LogP contribution in [0.5, 0.6) is 0 Å². The van der Waals surface area contributed by atoms with E-state index in [0.29, 0.717) is 0 Å². The molecule has 9 rings (SSSR count). The first-order valence-corrected chi connectivity index (χ1v) is 15.7. The summed E-state index contributed by atoms with van der Waals surface area (Å²) in [4.78, 5) is 10.1. The van der Waals surface area contributed by atoms with Crippen LogP contribution in [0.3, 0.4) is 0 Å². The van der Waals surface area contributed by atoms with E-state index in [1.807, 2.05) is 24.3 Å². The molecule has 0 amide bonds. The van der Waals surface area contributed by atoms with Crippen molar-refractivity contribution in [3.05, 3.63) is 170 Å². The molecule has 7 aromatic carbocycles. The second kappa shape index (κ2) is 10.8. The molecule has 0 N–H and O–H groups in total. The van der Waals surface area contributed by atoms with Gasteiger partial charge < -0.3 is 0 Å². The van der Waals surface area contributed by atoms with Crippen molar-refractivity contribution in [3.63, 3.8) is 0 Å². The van der Waals surface area contributed by atoms with E-state index in [1.165, 1.54) is 49.7 Å². The third-order valence-corrected chi connectivity index (χ3v) is 9.06. The molecule has 0 saturated heterocycles. The summed E-state index contributed by atoms with van der Waals surface area (Å²) in [5.41, 5.74) is 15.0. The Balaban J connectivity index is 1.19. The summed E-state index contributed by atoms with van der Waals surface area (Å²) in [6.07, 6.45) is 0. The summed E-state index contributed by atoms with van der Waals surface area (Å²) in [7, 11) is 0. The molecule has 46 heavy (non-hydrogen) atoms. The van der Waals surface area contributed by atoms with Gasteiger partial charge in [-0.3, -0.25) is 0 Å². The SMILES string of the molecule is c1ccc(-c2cc(-c3cccc(-c4ccccc4-c4ccc5c6c(cccc46)-c4ccccc4-5)c3)nc(-c3ccccc3)n2)cc1. The highest BCUT2D eigenvalue weighted by Crippen LogP contribution is 2.50. The summed E-state index contributed by atoms with van der Waals surface area (Å²) in [5, 5.41) is 2.62. The molecule has 1 aliphatic carbocycles. The predicted molar refractivity (Wildman–Crippen MR) is 191 cm³/mol. The third kappa shape index (κ3) is 4.35. The van der Waals surface area contributed by atoms with E-state index in [0.717, 1.165) is 39.5 Å². The fourth-order valence-corrected chi connectivity index (χ4v) is 6.93. The summed E-state index contributed by atoms with van der Waals surface area (Å²) >= 11 is 0. The van der Waals surface area contributed by atoms with Gasteiger partial charge in [0, 0.05) is 16.7 Å². The average molecular weight is 585 g/mol. The number of benzene rings is 7. The molecular weight excluding hydrogens is 556 g/mol. The minimum atomic E-state index is 0.719. The van der Waals surface area contributed by atoms with Crippen LogP contribution in [0, 0.1) is 0 Å². The van der Waals surface area contributed by atoms with E-state index in [1.54, 1.807) is 0 Å². The van der Waals surface area contributed by atoms with E-state index in [-0.39, 0.29) is 0 Å². The quantitative estimate of drug-likeness (QED) is 0.201. The van der Waals surface area contributed by atoms with E-state index in [4.69, 9.17) is 9.97 Å². The minimum Gasteiger partial charge on any atom is -0.228 e. The van der Waals surface area contributed by atoms with Crippen molar-refractivity contribution in [1.29, 1.82) is 0 Å². The molecule has 0 fully saturated rings. The second-order valence-corrected chi connectivity index (χ2v) is 11.8. The van der Waals surface area contributed by atoms with Crippen LogP contribution in [0.2, 0.25) is 0 Å². The molecule has 0 radical (unpaired) electrons. The molecule has 0 spiro atoms. The molecule has 8 aromatic rings. The highest BCUT2D eigenvalue weighted by atomic mass is 14.9. The van der Waals surface area contributed by atoms with Gasteiger partial charge in [0.25, 0.3) is 0 Å². The molecule has 0 unspecified atom stereocenters. The van der Waals surface area contributed by atoms with Crippen LogP contribution >= 0.6 is 0 Å². The van der Waals surface area contributed by atoms with Gasteiger partial charge >= 0.3 is 0 Å². The zero-order chi connectivity index (χ0) is 30.5. The normalized spacial score (nSPS) is 11.5. The number of nitrogens with zero attached hydrogens (tertiary/aromatic N) is 2. The van der Waals surface area contributed by atoms with E-state index in [2.05, 4.69) is 146 Å². The number of fused-ring (bicyclic) bond motifs is 3. The highest BCUT2D eigenvalue weighted by molar-refractivity contribution is 6.19. The van der Waals surface area contributed by atoms with Gasteiger partial charge in [-0.2, -0.15) is 0 Å². The van der Waals surface area contributed by atoms with Gasteiger partial charge in [0.1, 0.15) is 0 Å². The Labute approximate surface area is 268 Å². The van der Waals surface area contributed by atoms with Crippen LogP contribution in [0.25, 0.3) is 89.2 Å². The van der Waals surface area contributed by atoms with E-state index >= 15 is 0 Å². The van der Waals surface area contributed by atoms with Gasteiger partial charge in [-0.15, -0.1) is 0 Å². The van der Waals surface area contributed by atoms with Crippen molar-refractivity contribution >= 4 is 10.8 Å². The van der Waals surface area contributed by atoms with Crippen LogP contribution < -0.4 is 0 Å². The fourth-order valence-electron chi connectivity index (χ4n) is 6.93. The van der Waals surface area contributed by atoms with E-state index < -0.39 is 0 Å². The molecule has 1 aliphatic rings. The van der Waals surface area contributed by atoms with Gasteiger partial charge in [0.05, 0.1) is 11.4 Å². The fraction of sp³-hybridized carbons (Fsp3) is 0. The van der Waals surface area contributed by atoms with Crippen molar-refractivity contribution in [3.8, 4) is 78.4 Å². The Morgan fingerprint density at radius 1 is 0.283 bits per heavy atom. The molecule has 214 valence electrons. The largest absolute Gasteiger partial charge is 0.228 e. The molecule has 2 nitrogen and oxygen atoms in total. The van der Waals surface area contributed by atoms with Gasteiger partial charge in [-0.25, -0.2) is 9.97 Å². The molecule has 0 aliphatic heterocycles. The van der Waals surface area contributed by atoms with Gasteiger partial charge in [-0.1, -0.05) is 158 Å². The summed E-state index contributed by atoms with van der Waals surface area (Å²) in [5.74, 6) is 0.719. The van der Waals surface area contributed by atoms with Crippen molar-refractivity contribution < 1.29 is 0 Å². The Morgan fingerprint density at radius 3 is 1.48 bits per heavy atom. The predicted octanol–water partition coefficient (Wildman–Crippen LogP) is 11.6. The van der Waals surface area contributed by atoms with Crippen molar-refractivity contribution in [2.75, 3.05) is 0 Å². The maximum Gasteiger partial charge on any atom is 0.160 e. The van der Waals surface area contributed by atoms with Crippen LogP contribution in [0.4, 0.5) is 0 Å². The van der Waals surface area contributed by atoms with Crippen molar-refractivity contribution in [1.82, 2.24) is 9.97 Å². The number of rotatable bonds is 5. The first kappa shape index (κ1) is 26.3. The van der Waals surface area contributed by atoms with Crippen LogP contribution in [-0.2, 0) is 0 Å². The minimum absolute atomic E-state index is 0.719. The van der Waals surface area contributed by atoms with Crippen LogP contribution in [0.15, 0.2) is 170 Å². The lowest BCUT2D eigenvalue weighted by Gasteiger charge is -2.15. The Kier molecular flexibility index (Phi) is 6.17. The van der Waals surface area contributed by atoms with Gasteiger partial charge in [-0.05, 0) is 67.4 Å². The first-order chi connectivity index (χ1) is 22.8. The standard InChI is InChI=1S/C44H28N2/c1-3-13-29(14-4-1)41-28-42(46-44(45-41)30-15-5-2-6-16-30)32-18-11-17-31(27-32)33-19-7-8-20-34(33)37-25-26-40-36-22-10-9-21-35(36)38-23-12-24-39(37)43(38)40/h1-28H. The highest BCUT2D eigenvalue weighted by Gasteiger charge is 2.23. The second-order valence-electron chi connectivity index (χ2n) is 11.8. The Hall–Kier alpha value is -6.12. The molecule has 0 atom stereocenters. The molecule has 0 saturated carbocycles. The van der Waals surface area contributed by atoms with Crippen molar-refractivity contribution in [2.24, 2.45) is 0 Å². The Morgan fingerprint density at radius 2 is 0.761 bits per heavy atom. The summed E-state index contributed by atoms with van der Waals surface area (Å²) in [6.45, 7) is 0. The van der Waals surface area contributed by atoms with Gasteiger partial charge in [0.2, 0.25) is 0 Å². The van der Waals surface area contributed by atoms with Crippen LogP contribution in [-0.4, -0.2) is 9.97 Å². The van der Waals surface area contributed by atoms with Gasteiger partial charge in [0.15, 0.2) is 5.82 Å². The summed E-state index contributed by atoms with van der Waals surface area (Å²) in [6, 6.07) is 60.2. The lowest BCUT2D eigenvalue weighted by atomic mass is 9.89. The monoisotopic (exact) mass is 584 g/mol. The molecular formula is C44H28N2. The number of aromatic nitrogens is 2.